The zero-order valence-corrected chi connectivity index (χ0v) is 10.8. The van der Waals surface area contributed by atoms with Crippen molar-refractivity contribution < 1.29 is 14.6 Å². The Morgan fingerprint density at radius 1 is 1.11 bits per heavy atom. The van der Waals surface area contributed by atoms with Crippen molar-refractivity contribution in [2.75, 3.05) is 6.61 Å². The fraction of sp³-hybridized carbons (Fsp3) is 0.250. The second kappa shape index (κ2) is 4.94. The van der Waals surface area contributed by atoms with Gasteiger partial charge in [-0.3, -0.25) is 0 Å². The molecule has 1 N–H and O–H groups in total. The highest BCUT2D eigenvalue weighted by atomic mass is 16.5. The Hall–Kier alpha value is -2.00. The maximum absolute atomic E-state index is 9.23. The van der Waals surface area contributed by atoms with Gasteiger partial charge in [0, 0.05) is 18.1 Å². The summed E-state index contributed by atoms with van der Waals surface area (Å²) in [7, 11) is 0. The van der Waals surface area contributed by atoms with Crippen molar-refractivity contribution in [2.24, 2.45) is 0 Å². The molecule has 2 aromatic carbocycles. The molecule has 0 bridgehead atoms. The number of aliphatic hydroxyl groups excluding tert-OH is 1. The van der Waals surface area contributed by atoms with E-state index in [0.717, 1.165) is 22.6 Å². The fourth-order valence-corrected chi connectivity index (χ4v) is 2.13. The first kappa shape index (κ1) is 12.1. The Morgan fingerprint density at radius 2 is 1.95 bits per heavy atom. The van der Waals surface area contributed by atoms with Crippen molar-refractivity contribution in [3.8, 4) is 17.2 Å². The van der Waals surface area contributed by atoms with Crippen molar-refractivity contribution in [2.45, 2.75) is 19.4 Å². The molecule has 3 rings (SSSR count). The van der Waals surface area contributed by atoms with Gasteiger partial charge in [-0.05, 0) is 23.8 Å². The van der Waals surface area contributed by atoms with E-state index in [1.54, 1.807) is 0 Å². The van der Waals surface area contributed by atoms with Crippen LogP contribution in [0.3, 0.4) is 0 Å². The lowest BCUT2D eigenvalue weighted by Crippen LogP contribution is -1.99. The number of ether oxygens (including phenoxy) is 2. The highest BCUT2D eigenvalue weighted by molar-refractivity contribution is 5.49. The van der Waals surface area contributed by atoms with Crippen molar-refractivity contribution in [3.05, 3.63) is 53.6 Å². The number of fused-ring (bicyclic) bond motifs is 2. The van der Waals surface area contributed by atoms with E-state index >= 15 is 0 Å². The van der Waals surface area contributed by atoms with Crippen molar-refractivity contribution in [1.29, 1.82) is 0 Å². The third-order valence-electron chi connectivity index (χ3n) is 3.39. The molecule has 0 amide bonds. The number of para-hydroxylation sites is 1. The zero-order valence-electron chi connectivity index (χ0n) is 10.8. The second-order valence-corrected chi connectivity index (χ2v) is 4.79. The fourth-order valence-electron chi connectivity index (χ4n) is 2.13. The summed E-state index contributed by atoms with van der Waals surface area (Å²) < 4.78 is 11.7. The van der Waals surface area contributed by atoms with Gasteiger partial charge in [-0.15, -0.1) is 0 Å². The van der Waals surface area contributed by atoms with E-state index in [-0.39, 0.29) is 12.5 Å². The minimum atomic E-state index is 0.0902. The summed E-state index contributed by atoms with van der Waals surface area (Å²) in [5, 5.41) is 9.23. The smallest absolute Gasteiger partial charge is 0.169 e. The van der Waals surface area contributed by atoms with E-state index in [4.69, 9.17) is 9.47 Å². The first-order valence-corrected chi connectivity index (χ1v) is 6.41. The van der Waals surface area contributed by atoms with E-state index in [0.29, 0.717) is 12.4 Å². The highest BCUT2D eigenvalue weighted by Crippen LogP contribution is 2.38. The van der Waals surface area contributed by atoms with E-state index < -0.39 is 0 Å². The summed E-state index contributed by atoms with van der Waals surface area (Å²) in [4.78, 5) is 0. The summed E-state index contributed by atoms with van der Waals surface area (Å²) >= 11 is 0. The van der Waals surface area contributed by atoms with Crippen LogP contribution in [0.5, 0.6) is 17.2 Å². The van der Waals surface area contributed by atoms with Crippen LogP contribution < -0.4 is 9.47 Å². The van der Waals surface area contributed by atoms with Crippen LogP contribution in [0.4, 0.5) is 0 Å². The quantitative estimate of drug-likeness (QED) is 0.894. The minimum absolute atomic E-state index is 0.0902. The molecule has 1 heterocycles. The Labute approximate surface area is 112 Å². The van der Waals surface area contributed by atoms with E-state index in [1.165, 1.54) is 0 Å². The van der Waals surface area contributed by atoms with Gasteiger partial charge < -0.3 is 14.6 Å². The number of hydrogen-bond donors (Lipinski definition) is 1. The summed E-state index contributed by atoms with van der Waals surface area (Å²) in [6.07, 6.45) is 0. The van der Waals surface area contributed by atoms with Gasteiger partial charge in [0.1, 0.15) is 12.4 Å². The van der Waals surface area contributed by atoms with Gasteiger partial charge in [-0.25, -0.2) is 0 Å². The first-order valence-electron chi connectivity index (χ1n) is 6.41. The SMILES string of the molecule is C[C@@H](CO)c1ccc2c(c1)Oc1ccccc1CO2. The average Bonchev–Trinajstić information content (AvgIpc) is 2.64. The Bertz CT molecular complexity index is 592. The molecule has 0 spiro atoms. The van der Waals surface area contributed by atoms with Crippen LogP contribution in [0.25, 0.3) is 0 Å². The van der Waals surface area contributed by atoms with Crippen LogP contribution >= 0.6 is 0 Å². The zero-order chi connectivity index (χ0) is 13.2. The van der Waals surface area contributed by atoms with Crippen molar-refractivity contribution in [1.82, 2.24) is 0 Å². The molecule has 3 heteroatoms. The Kier molecular flexibility index (Phi) is 3.13. The van der Waals surface area contributed by atoms with Gasteiger partial charge in [0.15, 0.2) is 11.5 Å². The lowest BCUT2D eigenvalue weighted by molar-refractivity contribution is 0.272. The van der Waals surface area contributed by atoms with Crippen LogP contribution in [0, 0.1) is 0 Å². The normalized spacial score (nSPS) is 14.4. The monoisotopic (exact) mass is 256 g/mol. The van der Waals surface area contributed by atoms with Crippen molar-refractivity contribution in [3.63, 3.8) is 0 Å². The predicted molar refractivity (Wildman–Crippen MR) is 72.8 cm³/mol. The summed E-state index contributed by atoms with van der Waals surface area (Å²) in [6.45, 7) is 2.61. The molecule has 2 aromatic rings. The largest absolute Gasteiger partial charge is 0.485 e. The van der Waals surface area contributed by atoms with Gasteiger partial charge >= 0.3 is 0 Å². The topological polar surface area (TPSA) is 38.7 Å². The van der Waals surface area contributed by atoms with Crippen LogP contribution in [-0.4, -0.2) is 11.7 Å². The predicted octanol–water partition coefficient (Wildman–Crippen LogP) is 3.47. The molecule has 0 radical (unpaired) electrons. The minimum Gasteiger partial charge on any atom is -0.485 e. The van der Waals surface area contributed by atoms with E-state index in [2.05, 4.69) is 0 Å². The second-order valence-electron chi connectivity index (χ2n) is 4.79. The lowest BCUT2D eigenvalue weighted by atomic mass is 10.0. The van der Waals surface area contributed by atoms with Crippen LogP contribution in [0.2, 0.25) is 0 Å². The standard InChI is InChI=1S/C16H16O3/c1-11(9-17)12-6-7-15-16(8-12)19-14-5-3-2-4-13(14)10-18-15/h2-8,11,17H,9-10H2,1H3/t11-/m0/s1. The molecule has 0 aromatic heterocycles. The van der Waals surface area contributed by atoms with Gasteiger partial charge in [0.2, 0.25) is 0 Å². The molecule has 0 saturated heterocycles. The molecule has 19 heavy (non-hydrogen) atoms. The van der Waals surface area contributed by atoms with Gasteiger partial charge in [-0.2, -0.15) is 0 Å². The number of aliphatic hydroxyl groups is 1. The Balaban J connectivity index is 2.00. The van der Waals surface area contributed by atoms with E-state index in [1.807, 2.05) is 49.4 Å². The van der Waals surface area contributed by atoms with Crippen LogP contribution in [0.1, 0.15) is 24.0 Å². The molecule has 0 unspecified atom stereocenters. The average molecular weight is 256 g/mol. The number of rotatable bonds is 2. The molecular weight excluding hydrogens is 240 g/mol. The molecule has 1 atom stereocenters. The molecule has 0 aliphatic carbocycles. The summed E-state index contributed by atoms with van der Waals surface area (Å²) in [5.74, 6) is 2.37. The number of benzene rings is 2. The van der Waals surface area contributed by atoms with Crippen molar-refractivity contribution >= 4 is 0 Å². The van der Waals surface area contributed by atoms with Crippen LogP contribution in [-0.2, 0) is 6.61 Å². The summed E-state index contributed by atoms with van der Waals surface area (Å²) in [6, 6.07) is 13.7. The molecule has 0 saturated carbocycles. The highest BCUT2D eigenvalue weighted by Gasteiger charge is 2.16. The number of hydrogen-bond acceptors (Lipinski definition) is 3. The molecule has 1 aliphatic rings. The Morgan fingerprint density at radius 3 is 2.79 bits per heavy atom. The lowest BCUT2D eigenvalue weighted by Gasteiger charge is -2.12. The maximum Gasteiger partial charge on any atom is 0.169 e. The third-order valence-corrected chi connectivity index (χ3v) is 3.39. The molecule has 1 aliphatic heterocycles. The molecule has 98 valence electrons. The maximum atomic E-state index is 9.23. The van der Waals surface area contributed by atoms with E-state index in [9.17, 15) is 5.11 Å². The summed E-state index contributed by atoms with van der Waals surface area (Å²) in [5.41, 5.74) is 2.08. The third kappa shape index (κ3) is 2.29. The molecule has 0 fully saturated rings. The van der Waals surface area contributed by atoms with Gasteiger partial charge in [0.05, 0.1) is 0 Å². The van der Waals surface area contributed by atoms with Gasteiger partial charge in [-0.1, -0.05) is 31.2 Å². The van der Waals surface area contributed by atoms with Gasteiger partial charge in [0.25, 0.3) is 0 Å². The van der Waals surface area contributed by atoms with Crippen LogP contribution in [0.15, 0.2) is 42.5 Å². The molecular formula is C16H16O3. The first-order chi connectivity index (χ1) is 9.28. The molecule has 3 nitrogen and oxygen atoms in total.